The molecule has 0 aromatic rings. The van der Waals surface area contributed by atoms with E-state index >= 15 is 0 Å². The second-order valence-corrected chi connectivity index (χ2v) is 0.934. The summed E-state index contributed by atoms with van der Waals surface area (Å²) < 4.78 is 0. The fraction of sp³-hybridized carbons (Fsp3) is 0. The van der Waals surface area contributed by atoms with E-state index in [4.69, 9.17) is 15.7 Å². The topological polar surface area (TPSA) is 0 Å². The first-order chi connectivity index (χ1) is 2.77. The molecule has 0 saturated carbocycles. The number of rotatable bonds is 1. The Bertz CT molecular complexity index is 73.6. The third-order valence-electron chi connectivity index (χ3n) is 0.310. The molecule has 0 aliphatic carbocycles. The maximum absolute atomic E-state index is 5.04. The van der Waals surface area contributed by atoms with Crippen molar-refractivity contribution in [3.63, 3.8) is 0 Å². The lowest BCUT2D eigenvalue weighted by molar-refractivity contribution is 2.01. The summed E-state index contributed by atoms with van der Waals surface area (Å²) in [5.74, 6) is 1.35. The van der Waals surface area contributed by atoms with Crippen molar-refractivity contribution in [2.24, 2.45) is 0 Å². The van der Waals surface area contributed by atoms with Crippen molar-refractivity contribution >= 4 is 15.7 Å². The molecule has 0 spiro atoms. The first-order valence-electron chi connectivity index (χ1n) is 1.60. The van der Waals surface area contributed by atoms with Crippen LogP contribution < -0.4 is 0 Å². The fourth-order valence-corrected chi connectivity index (χ4v) is 0.124. The minimum absolute atomic E-state index is 0.484. The highest BCUT2D eigenvalue weighted by Gasteiger charge is 1.63. The minimum atomic E-state index is 0.484. The van der Waals surface area contributed by atoms with Crippen LogP contribution in [0.4, 0.5) is 0 Å². The molecule has 4 radical (unpaired) electrons. The molecule has 6 heavy (non-hydrogen) atoms. The van der Waals surface area contributed by atoms with E-state index in [-0.39, 0.29) is 0 Å². The third-order valence-corrected chi connectivity index (χ3v) is 0.310. The maximum Gasteiger partial charge on any atom is 0.112 e. The molecule has 0 bridgehead atoms. The quantitative estimate of drug-likeness (QED) is 0.311. The van der Waals surface area contributed by atoms with Crippen LogP contribution in [0.2, 0.25) is 0 Å². The molecule has 0 fully saturated rings. The number of hydrogen-bond donors (Lipinski definition) is 0. The Morgan fingerprint density at radius 1 is 1.67 bits per heavy atom. The van der Waals surface area contributed by atoms with Gasteiger partial charge in [-0.25, -0.2) is 0 Å². The Balaban J connectivity index is 3.30. The van der Waals surface area contributed by atoms with Gasteiger partial charge in [0.2, 0.25) is 0 Å². The minimum Gasteiger partial charge on any atom is -0.132 e. The molecule has 0 nitrogen and oxygen atoms in total. The van der Waals surface area contributed by atoms with Crippen LogP contribution >= 0.6 is 0 Å². The molecule has 0 aromatic heterocycles. The van der Waals surface area contributed by atoms with Gasteiger partial charge in [0.05, 0.1) is 0 Å². The van der Waals surface area contributed by atoms with E-state index in [0.717, 1.165) is 0 Å². The Hall–Kier alpha value is -0.390. The van der Waals surface area contributed by atoms with Gasteiger partial charge in [-0.1, -0.05) is 6.08 Å². The zero-order chi connectivity index (χ0) is 4.99. The first-order valence-corrected chi connectivity index (χ1v) is 1.60. The molecule has 0 amide bonds. The van der Waals surface area contributed by atoms with Crippen molar-refractivity contribution in [2.45, 2.75) is 0 Å². The molecule has 0 atom stereocenters. The van der Waals surface area contributed by atoms with E-state index in [1.807, 2.05) is 0 Å². The van der Waals surface area contributed by atoms with Gasteiger partial charge in [-0.3, -0.25) is 0 Å². The summed E-state index contributed by atoms with van der Waals surface area (Å²) in [6, 6.07) is 0. The van der Waals surface area contributed by atoms with Crippen LogP contribution in [0.15, 0.2) is 24.1 Å². The average Bonchev–Trinajstić information content (AvgIpc) is 1.35. The smallest absolute Gasteiger partial charge is 0.112 e. The molecule has 0 aliphatic heterocycles. The predicted molar refractivity (Wildman–Crippen MR) is 29.8 cm³/mol. The van der Waals surface area contributed by atoms with Gasteiger partial charge in [-0.2, -0.15) is 0 Å². The largest absolute Gasteiger partial charge is 0.132 e. The Kier molecular flexibility index (Phi) is 2.64. The summed E-state index contributed by atoms with van der Waals surface area (Å²) in [6.07, 6.45) is 1.53. The van der Waals surface area contributed by atoms with Crippen LogP contribution in [0, 0.1) is 0 Å². The van der Waals surface area contributed by atoms with Gasteiger partial charge in [0.25, 0.3) is 0 Å². The van der Waals surface area contributed by atoms with E-state index in [0.29, 0.717) is 5.47 Å². The summed E-state index contributed by atoms with van der Waals surface area (Å²) in [7, 11) is 9.95. The van der Waals surface area contributed by atoms with Crippen molar-refractivity contribution in [3.8, 4) is 0 Å². The molecule has 0 aliphatic rings. The summed E-state index contributed by atoms with van der Waals surface area (Å²) >= 11 is 0. The Labute approximate surface area is 40.8 Å². The molecule has 0 saturated heterocycles. The monoisotopic (exact) mass is 74.0 g/mol. The van der Waals surface area contributed by atoms with Crippen molar-refractivity contribution in [1.29, 1.82) is 0 Å². The molecule has 26 valence electrons. The number of allylic oxidation sites excluding steroid dienone is 2. The van der Waals surface area contributed by atoms with Crippen molar-refractivity contribution in [1.82, 2.24) is 0 Å². The lowest BCUT2D eigenvalue weighted by atomic mass is 9.95. The van der Waals surface area contributed by atoms with Crippen LogP contribution in [0.5, 0.6) is 0 Å². The van der Waals surface area contributed by atoms with Gasteiger partial charge in [-0.05, 0) is 0 Å². The highest BCUT2D eigenvalue weighted by Crippen LogP contribution is 1.78. The average molecular weight is 73.7 g/mol. The highest BCUT2D eigenvalue weighted by molar-refractivity contribution is 6.24. The summed E-state index contributed by atoms with van der Waals surface area (Å²) in [6.45, 7) is 3.36. The zero-order valence-corrected chi connectivity index (χ0v) is 3.52. The normalized spacial score (nSPS) is 9.33. The Morgan fingerprint density at radius 3 is 2.17 bits per heavy atom. The fourth-order valence-electron chi connectivity index (χ4n) is 0.124. The van der Waals surface area contributed by atoms with E-state index < -0.39 is 0 Å². The molecule has 0 N–H and O–H groups in total. The third kappa shape index (κ3) is 3.61. The van der Waals surface area contributed by atoms with Crippen LogP contribution in [-0.2, 0) is 0 Å². The van der Waals surface area contributed by atoms with E-state index in [1.54, 1.807) is 0 Å². The van der Waals surface area contributed by atoms with Gasteiger partial charge in [0, 0.05) is 0 Å². The second kappa shape index (κ2) is 2.83. The van der Waals surface area contributed by atoms with Crippen LogP contribution in [-0.4, -0.2) is 15.7 Å². The summed E-state index contributed by atoms with van der Waals surface area (Å²) in [4.78, 5) is 0. The molecule has 0 aromatic carbocycles. The van der Waals surface area contributed by atoms with E-state index in [2.05, 4.69) is 6.58 Å². The first kappa shape index (κ1) is 5.61. The van der Waals surface area contributed by atoms with Crippen molar-refractivity contribution in [3.05, 3.63) is 24.1 Å². The summed E-state index contributed by atoms with van der Waals surface area (Å²) in [5.41, 5.74) is 0.484. The highest BCUT2D eigenvalue weighted by atomic mass is 13.6. The zero-order valence-electron chi connectivity index (χ0n) is 3.52. The molecular weight excluding hydrogens is 69.7 g/mol. The van der Waals surface area contributed by atoms with Gasteiger partial charge < -0.3 is 0 Å². The second-order valence-electron chi connectivity index (χ2n) is 0.934. The van der Waals surface area contributed by atoms with Gasteiger partial charge in [0.15, 0.2) is 0 Å². The lowest BCUT2D eigenvalue weighted by Crippen LogP contribution is -1.66. The SMILES string of the molecule is [B]/C=C/C([B])=C. The van der Waals surface area contributed by atoms with Gasteiger partial charge in [-0.15, -0.1) is 18.0 Å². The number of hydrogen-bond acceptors (Lipinski definition) is 0. The molecular formula is C4H4B2. The molecule has 2 heteroatoms. The molecule has 0 heterocycles. The standard InChI is InChI=1S/C4H4B2/c1-4(6)2-3-5/h2-3H,1H2/b3-2+. The van der Waals surface area contributed by atoms with E-state index in [9.17, 15) is 0 Å². The predicted octanol–water partition coefficient (Wildman–Crippen LogP) is 0.351. The van der Waals surface area contributed by atoms with Crippen molar-refractivity contribution < 1.29 is 0 Å². The van der Waals surface area contributed by atoms with Gasteiger partial charge >= 0.3 is 0 Å². The van der Waals surface area contributed by atoms with Crippen LogP contribution in [0.25, 0.3) is 0 Å². The van der Waals surface area contributed by atoms with Crippen LogP contribution in [0.3, 0.4) is 0 Å². The van der Waals surface area contributed by atoms with E-state index in [1.165, 1.54) is 12.1 Å². The maximum atomic E-state index is 5.04. The lowest BCUT2D eigenvalue weighted by Gasteiger charge is -1.76. The van der Waals surface area contributed by atoms with Gasteiger partial charge in [0.1, 0.15) is 15.7 Å². The molecule has 0 unspecified atom stereocenters. The Morgan fingerprint density at radius 2 is 2.17 bits per heavy atom. The van der Waals surface area contributed by atoms with Crippen LogP contribution in [0.1, 0.15) is 0 Å². The van der Waals surface area contributed by atoms with Crippen molar-refractivity contribution in [2.75, 3.05) is 0 Å². The summed E-state index contributed by atoms with van der Waals surface area (Å²) in [5, 5.41) is 0. The molecule has 0 rings (SSSR count).